The van der Waals surface area contributed by atoms with Crippen LogP contribution in [0.3, 0.4) is 0 Å². The highest BCUT2D eigenvalue weighted by molar-refractivity contribution is 5.20. The molecule has 1 rings (SSSR count). The molecular weight excluding hydrogens is 190 g/mol. The molecule has 0 aliphatic rings. The molecule has 1 unspecified atom stereocenters. The average Bonchev–Trinajstić information content (AvgIpc) is 2.29. The monoisotopic (exact) mass is 209 g/mol. The molecule has 0 saturated carbocycles. The van der Waals surface area contributed by atoms with Gasteiger partial charge in [-0.15, -0.1) is 0 Å². The predicted molar refractivity (Wildman–Crippen MR) is 61.1 cm³/mol. The highest BCUT2D eigenvalue weighted by atomic mass is 16.5. The molecule has 0 saturated heterocycles. The van der Waals surface area contributed by atoms with Gasteiger partial charge in [0.25, 0.3) is 0 Å². The van der Waals surface area contributed by atoms with E-state index in [1.54, 1.807) is 0 Å². The second kappa shape index (κ2) is 6.43. The van der Waals surface area contributed by atoms with Crippen LogP contribution in [-0.2, 0) is 0 Å². The van der Waals surface area contributed by atoms with E-state index in [1.165, 1.54) is 0 Å². The molecule has 0 aromatic heterocycles. The van der Waals surface area contributed by atoms with Crippen molar-refractivity contribution < 1.29 is 9.84 Å². The van der Waals surface area contributed by atoms with Crippen molar-refractivity contribution in [1.29, 1.82) is 0 Å². The summed E-state index contributed by atoms with van der Waals surface area (Å²) in [4.78, 5) is 2.07. The zero-order valence-electron chi connectivity index (χ0n) is 9.39. The van der Waals surface area contributed by atoms with Crippen LogP contribution in [-0.4, -0.2) is 42.9 Å². The molecule has 0 radical (unpaired) electrons. The molecule has 0 bridgehead atoms. The first-order chi connectivity index (χ1) is 7.24. The lowest BCUT2D eigenvalue weighted by atomic mass is 10.3. The van der Waals surface area contributed by atoms with E-state index in [0.29, 0.717) is 6.61 Å². The van der Waals surface area contributed by atoms with Crippen LogP contribution < -0.4 is 4.74 Å². The fraction of sp³-hybridized carbons (Fsp3) is 0.500. The molecular formula is C12H19NO2. The van der Waals surface area contributed by atoms with Gasteiger partial charge in [-0.2, -0.15) is 0 Å². The molecule has 0 aliphatic carbocycles. The third-order valence-electron chi connectivity index (χ3n) is 2.47. The molecule has 3 heteroatoms. The number of aliphatic hydroxyl groups is 1. The van der Waals surface area contributed by atoms with E-state index >= 15 is 0 Å². The maximum absolute atomic E-state index is 8.94. The van der Waals surface area contributed by atoms with Gasteiger partial charge in [0.05, 0.1) is 6.61 Å². The Morgan fingerprint density at radius 3 is 2.60 bits per heavy atom. The second-order valence-corrected chi connectivity index (χ2v) is 3.67. The van der Waals surface area contributed by atoms with E-state index in [0.717, 1.165) is 12.3 Å². The molecule has 0 amide bonds. The molecule has 0 heterocycles. The van der Waals surface area contributed by atoms with Gasteiger partial charge in [0, 0.05) is 12.6 Å². The summed E-state index contributed by atoms with van der Waals surface area (Å²) in [5.74, 6) is 0.891. The number of ether oxygens (including phenoxy) is 1. The number of para-hydroxylation sites is 1. The first-order valence-corrected chi connectivity index (χ1v) is 5.23. The van der Waals surface area contributed by atoms with Crippen LogP contribution in [0.1, 0.15) is 6.92 Å². The fourth-order valence-electron chi connectivity index (χ4n) is 1.18. The van der Waals surface area contributed by atoms with Gasteiger partial charge in [-0.05, 0) is 26.1 Å². The van der Waals surface area contributed by atoms with Gasteiger partial charge < -0.3 is 9.84 Å². The predicted octanol–water partition coefficient (Wildman–Crippen LogP) is 1.38. The van der Waals surface area contributed by atoms with E-state index in [9.17, 15) is 0 Å². The minimum absolute atomic E-state index is 0.182. The van der Waals surface area contributed by atoms with Crippen LogP contribution in [0, 0.1) is 0 Å². The van der Waals surface area contributed by atoms with Crippen molar-refractivity contribution in [2.45, 2.75) is 13.0 Å². The summed E-state index contributed by atoms with van der Waals surface area (Å²) in [6.07, 6.45) is 0. The van der Waals surface area contributed by atoms with Crippen molar-refractivity contribution in [2.75, 3.05) is 26.8 Å². The molecule has 1 aromatic rings. The van der Waals surface area contributed by atoms with Crippen molar-refractivity contribution in [3.63, 3.8) is 0 Å². The first-order valence-electron chi connectivity index (χ1n) is 5.23. The van der Waals surface area contributed by atoms with Gasteiger partial charge in [-0.25, -0.2) is 0 Å². The third kappa shape index (κ3) is 4.32. The summed E-state index contributed by atoms with van der Waals surface area (Å²) >= 11 is 0. The van der Waals surface area contributed by atoms with E-state index in [1.807, 2.05) is 44.3 Å². The number of hydrogen-bond donors (Lipinski definition) is 1. The molecule has 1 atom stereocenters. The van der Waals surface area contributed by atoms with Gasteiger partial charge in [0.2, 0.25) is 0 Å². The molecule has 0 fully saturated rings. The topological polar surface area (TPSA) is 32.7 Å². The van der Waals surface area contributed by atoms with E-state index in [-0.39, 0.29) is 12.6 Å². The van der Waals surface area contributed by atoms with Crippen LogP contribution in [0.4, 0.5) is 0 Å². The van der Waals surface area contributed by atoms with E-state index in [2.05, 4.69) is 4.90 Å². The van der Waals surface area contributed by atoms with Crippen molar-refractivity contribution in [1.82, 2.24) is 4.90 Å². The first kappa shape index (κ1) is 12.0. The molecule has 1 N–H and O–H groups in total. The lowest BCUT2D eigenvalue weighted by Gasteiger charge is -2.22. The van der Waals surface area contributed by atoms with Crippen LogP contribution in [0.2, 0.25) is 0 Å². The summed E-state index contributed by atoms with van der Waals surface area (Å²) < 4.78 is 5.55. The summed E-state index contributed by atoms with van der Waals surface area (Å²) in [5, 5.41) is 8.94. The Balaban J connectivity index is 2.22. The minimum Gasteiger partial charge on any atom is -0.492 e. The standard InChI is InChI=1S/C12H19NO2/c1-11(10-14)13(2)8-9-15-12-6-4-3-5-7-12/h3-7,11,14H,8-10H2,1-2H3. The Kier molecular flexibility index (Phi) is 5.15. The Hall–Kier alpha value is -1.06. The zero-order valence-corrected chi connectivity index (χ0v) is 9.39. The van der Waals surface area contributed by atoms with Crippen molar-refractivity contribution in [3.8, 4) is 5.75 Å². The Bertz CT molecular complexity index is 264. The highest BCUT2D eigenvalue weighted by Crippen LogP contribution is 2.07. The second-order valence-electron chi connectivity index (χ2n) is 3.67. The smallest absolute Gasteiger partial charge is 0.119 e. The minimum atomic E-state index is 0.182. The van der Waals surface area contributed by atoms with Crippen molar-refractivity contribution in [3.05, 3.63) is 30.3 Å². The Morgan fingerprint density at radius 2 is 2.00 bits per heavy atom. The molecule has 84 valence electrons. The molecule has 15 heavy (non-hydrogen) atoms. The van der Waals surface area contributed by atoms with Crippen molar-refractivity contribution in [2.24, 2.45) is 0 Å². The normalized spacial score (nSPS) is 12.8. The summed E-state index contributed by atoms with van der Waals surface area (Å²) in [6, 6.07) is 9.94. The lowest BCUT2D eigenvalue weighted by molar-refractivity contribution is 0.140. The fourth-order valence-corrected chi connectivity index (χ4v) is 1.18. The van der Waals surface area contributed by atoms with Crippen LogP contribution in [0.5, 0.6) is 5.75 Å². The number of aliphatic hydroxyl groups excluding tert-OH is 1. The van der Waals surface area contributed by atoms with Gasteiger partial charge in [0.15, 0.2) is 0 Å². The highest BCUT2D eigenvalue weighted by Gasteiger charge is 2.06. The van der Waals surface area contributed by atoms with E-state index in [4.69, 9.17) is 9.84 Å². The maximum Gasteiger partial charge on any atom is 0.119 e. The average molecular weight is 209 g/mol. The lowest BCUT2D eigenvalue weighted by Crippen LogP contribution is -2.35. The summed E-state index contributed by atoms with van der Waals surface area (Å²) in [6.45, 7) is 3.63. The van der Waals surface area contributed by atoms with E-state index < -0.39 is 0 Å². The SMILES string of the molecule is CC(CO)N(C)CCOc1ccccc1. The number of nitrogens with zero attached hydrogens (tertiary/aromatic N) is 1. The Morgan fingerprint density at radius 1 is 1.33 bits per heavy atom. The molecule has 3 nitrogen and oxygen atoms in total. The quantitative estimate of drug-likeness (QED) is 0.768. The van der Waals surface area contributed by atoms with Gasteiger partial charge in [-0.1, -0.05) is 18.2 Å². The van der Waals surface area contributed by atoms with Gasteiger partial charge >= 0.3 is 0 Å². The summed E-state index contributed by atoms with van der Waals surface area (Å²) in [5.41, 5.74) is 0. The number of benzene rings is 1. The van der Waals surface area contributed by atoms with Crippen LogP contribution in [0.15, 0.2) is 30.3 Å². The van der Waals surface area contributed by atoms with Crippen LogP contribution >= 0.6 is 0 Å². The van der Waals surface area contributed by atoms with Crippen LogP contribution in [0.25, 0.3) is 0 Å². The van der Waals surface area contributed by atoms with Gasteiger partial charge in [-0.3, -0.25) is 4.90 Å². The largest absolute Gasteiger partial charge is 0.492 e. The molecule has 0 spiro atoms. The maximum atomic E-state index is 8.94. The Labute approximate surface area is 91.3 Å². The molecule has 1 aromatic carbocycles. The zero-order chi connectivity index (χ0) is 11.1. The van der Waals surface area contributed by atoms with Crippen molar-refractivity contribution >= 4 is 0 Å². The number of hydrogen-bond acceptors (Lipinski definition) is 3. The number of rotatable bonds is 6. The van der Waals surface area contributed by atoms with Gasteiger partial charge in [0.1, 0.15) is 12.4 Å². The molecule has 0 aliphatic heterocycles. The summed E-state index contributed by atoms with van der Waals surface area (Å²) in [7, 11) is 1.98. The third-order valence-corrected chi connectivity index (χ3v) is 2.47. The number of likely N-dealkylation sites (N-methyl/N-ethyl adjacent to an activating group) is 1.